The van der Waals surface area contributed by atoms with Crippen LogP contribution in [0.3, 0.4) is 0 Å². The summed E-state index contributed by atoms with van der Waals surface area (Å²) in [6.45, 7) is 3.64. The van der Waals surface area contributed by atoms with E-state index in [0.717, 1.165) is 16.8 Å². The number of para-hydroxylation sites is 1. The van der Waals surface area contributed by atoms with Gasteiger partial charge in [-0.3, -0.25) is 14.5 Å². The highest BCUT2D eigenvalue weighted by atomic mass is 35.5. The topological polar surface area (TPSA) is 49.4 Å². The summed E-state index contributed by atoms with van der Waals surface area (Å²) in [6, 6.07) is 15.5. The molecule has 1 saturated heterocycles. The molecule has 0 aromatic heterocycles. The predicted octanol–water partition coefficient (Wildman–Crippen LogP) is 4.34. The van der Waals surface area contributed by atoms with Crippen molar-refractivity contribution < 1.29 is 9.59 Å². The number of carbonyl (C=O) groups excluding carboxylic acids is 2. The SMILES string of the molecule is Cc1ccccc1N1C(=O)CSC1c1ccc(NC(=O)C(C)Cl)cc1. The first-order valence-electron chi connectivity index (χ1n) is 8.01. The highest BCUT2D eigenvalue weighted by Crippen LogP contribution is 2.42. The van der Waals surface area contributed by atoms with E-state index in [9.17, 15) is 9.59 Å². The van der Waals surface area contributed by atoms with E-state index in [0.29, 0.717) is 11.4 Å². The van der Waals surface area contributed by atoms with Crippen LogP contribution >= 0.6 is 23.4 Å². The molecular formula is C19H19ClN2O2S. The van der Waals surface area contributed by atoms with E-state index in [4.69, 9.17) is 11.6 Å². The van der Waals surface area contributed by atoms with Gasteiger partial charge < -0.3 is 5.32 Å². The Labute approximate surface area is 156 Å². The molecule has 0 aliphatic carbocycles. The van der Waals surface area contributed by atoms with E-state index in [1.807, 2.05) is 60.4 Å². The Morgan fingerprint density at radius 3 is 2.56 bits per heavy atom. The van der Waals surface area contributed by atoms with Crippen molar-refractivity contribution in [3.05, 3.63) is 59.7 Å². The van der Waals surface area contributed by atoms with Crippen LogP contribution in [0.25, 0.3) is 0 Å². The lowest BCUT2D eigenvalue weighted by atomic mass is 10.1. The minimum atomic E-state index is -0.584. The van der Waals surface area contributed by atoms with Crippen molar-refractivity contribution in [3.63, 3.8) is 0 Å². The van der Waals surface area contributed by atoms with Crippen molar-refractivity contribution in [3.8, 4) is 0 Å². The number of halogens is 1. The van der Waals surface area contributed by atoms with E-state index in [1.54, 1.807) is 18.7 Å². The minimum absolute atomic E-state index is 0.0645. The smallest absolute Gasteiger partial charge is 0.242 e. The average Bonchev–Trinajstić information content (AvgIpc) is 2.97. The fourth-order valence-electron chi connectivity index (χ4n) is 2.74. The monoisotopic (exact) mass is 374 g/mol. The molecule has 4 nitrogen and oxygen atoms in total. The summed E-state index contributed by atoms with van der Waals surface area (Å²) in [6.07, 6.45) is 0. The number of nitrogens with one attached hydrogen (secondary N) is 1. The number of aryl methyl sites for hydroxylation is 1. The summed E-state index contributed by atoms with van der Waals surface area (Å²) in [5.74, 6) is 0.334. The molecule has 2 aromatic carbocycles. The molecule has 2 unspecified atom stereocenters. The normalized spacial score (nSPS) is 18.3. The van der Waals surface area contributed by atoms with E-state index in [1.165, 1.54) is 0 Å². The molecule has 130 valence electrons. The number of carbonyl (C=O) groups is 2. The van der Waals surface area contributed by atoms with Crippen molar-refractivity contribution in [2.24, 2.45) is 0 Å². The molecule has 1 aliphatic rings. The summed E-state index contributed by atoms with van der Waals surface area (Å²) >= 11 is 7.38. The number of amides is 2. The Bertz CT molecular complexity index is 792. The Morgan fingerprint density at radius 1 is 1.24 bits per heavy atom. The van der Waals surface area contributed by atoms with Gasteiger partial charge in [0.1, 0.15) is 10.8 Å². The van der Waals surface area contributed by atoms with Crippen molar-refractivity contribution in [2.75, 3.05) is 16.0 Å². The van der Waals surface area contributed by atoms with E-state index >= 15 is 0 Å². The maximum atomic E-state index is 12.4. The molecule has 0 radical (unpaired) electrons. The van der Waals surface area contributed by atoms with Gasteiger partial charge in [0.05, 0.1) is 5.75 Å². The second-order valence-corrected chi connectivity index (χ2v) is 7.66. The number of hydrogen-bond acceptors (Lipinski definition) is 3. The van der Waals surface area contributed by atoms with Gasteiger partial charge in [0.2, 0.25) is 11.8 Å². The van der Waals surface area contributed by atoms with Crippen LogP contribution in [0.1, 0.15) is 23.4 Å². The summed E-state index contributed by atoms with van der Waals surface area (Å²) in [5, 5.41) is 2.11. The Balaban J connectivity index is 1.84. The zero-order valence-corrected chi connectivity index (χ0v) is 15.6. The zero-order chi connectivity index (χ0) is 18.0. The van der Waals surface area contributed by atoms with E-state index < -0.39 is 5.38 Å². The first-order valence-corrected chi connectivity index (χ1v) is 9.50. The molecule has 25 heavy (non-hydrogen) atoms. The quantitative estimate of drug-likeness (QED) is 0.810. The zero-order valence-electron chi connectivity index (χ0n) is 14.0. The Morgan fingerprint density at radius 2 is 1.92 bits per heavy atom. The third-order valence-electron chi connectivity index (χ3n) is 4.07. The third kappa shape index (κ3) is 3.83. The van der Waals surface area contributed by atoms with Crippen LogP contribution in [-0.2, 0) is 9.59 Å². The van der Waals surface area contributed by atoms with Crippen molar-refractivity contribution >= 4 is 46.6 Å². The van der Waals surface area contributed by atoms with E-state index in [-0.39, 0.29) is 17.2 Å². The van der Waals surface area contributed by atoms with Gasteiger partial charge in [-0.25, -0.2) is 0 Å². The third-order valence-corrected chi connectivity index (χ3v) is 5.48. The van der Waals surface area contributed by atoms with Gasteiger partial charge in [-0.1, -0.05) is 30.3 Å². The Kier molecular flexibility index (Phi) is 5.35. The largest absolute Gasteiger partial charge is 0.325 e. The number of thioether (sulfide) groups is 1. The van der Waals surface area contributed by atoms with Crippen LogP contribution in [0.2, 0.25) is 0 Å². The molecular weight excluding hydrogens is 356 g/mol. The standard InChI is InChI=1S/C19H19ClN2O2S/c1-12-5-3-4-6-16(12)22-17(23)11-25-19(22)14-7-9-15(10-8-14)21-18(24)13(2)20/h3-10,13,19H,11H2,1-2H3,(H,21,24). The van der Waals surface area contributed by atoms with Crippen LogP contribution in [0.5, 0.6) is 0 Å². The molecule has 1 aliphatic heterocycles. The fourth-order valence-corrected chi connectivity index (χ4v) is 3.96. The van der Waals surface area contributed by atoms with Gasteiger partial charge in [-0.15, -0.1) is 23.4 Å². The molecule has 3 rings (SSSR count). The highest BCUT2D eigenvalue weighted by Gasteiger charge is 2.34. The maximum absolute atomic E-state index is 12.4. The molecule has 1 heterocycles. The number of alkyl halides is 1. The fraction of sp³-hybridized carbons (Fsp3) is 0.263. The predicted molar refractivity (Wildman–Crippen MR) is 104 cm³/mol. The molecule has 2 amide bonds. The maximum Gasteiger partial charge on any atom is 0.242 e. The molecule has 1 fully saturated rings. The summed E-state index contributed by atoms with van der Waals surface area (Å²) in [4.78, 5) is 26.0. The lowest BCUT2D eigenvalue weighted by Gasteiger charge is -2.26. The molecule has 0 spiro atoms. The number of hydrogen-bond donors (Lipinski definition) is 1. The first kappa shape index (κ1) is 17.8. The number of nitrogens with zero attached hydrogens (tertiary/aromatic N) is 1. The van der Waals surface area contributed by atoms with Gasteiger partial charge in [-0.05, 0) is 43.2 Å². The number of anilines is 2. The Hall–Kier alpha value is -1.98. The summed E-state index contributed by atoms with van der Waals surface area (Å²) in [7, 11) is 0. The van der Waals surface area contributed by atoms with Crippen molar-refractivity contribution in [1.29, 1.82) is 0 Å². The second kappa shape index (κ2) is 7.50. The number of rotatable bonds is 4. The van der Waals surface area contributed by atoms with Crippen LogP contribution in [0.15, 0.2) is 48.5 Å². The lowest BCUT2D eigenvalue weighted by Crippen LogP contribution is -2.28. The molecule has 1 N–H and O–H groups in total. The van der Waals surface area contributed by atoms with Gasteiger partial charge in [-0.2, -0.15) is 0 Å². The van der Waals surface area contributed by atoms with Crippen molar-refractivity contribution in [1.82, 2.24) is 0 Å². The van der Waals surface area contributed by atoms with Gasteiger partial charge >= 0.3 is 0 Å². The van der Waals surface area contributed by atoms with Crippen LogP contribution in [0, 0.1) is 6.92 Å². The van der Waals surface area contributed by atoms with Crippen LogP contribution in [0.4, 0.5) is 11.4 Å². The molecule has 2 aromatic rings. The average molecular weight is 375 g/mol. The molecule has 6 heteroatoms. The van der Waals surface area contributed by atoms with Gasteiger partial charge in [0.15, 0.2) is 0 Å². The lowest BCUT2D eigenvalue weighted by molar-refractivity contribution is -0.116. The molecule has 0 saturated carbocycles. The van der Waals surface area contributed by atoms with Crippen LogP contribution in [-0.4, -0.2) is 22.9 Å². The number of benzene rings is 2. The minimum Gasteiger partial charge on any atom is -0.325 e. The highest BCUT2D eigenvalue weighted by molar-refractivity contribution is 8.00. The summed E-state index contributed by atoms with van der Waals surface area (Å²) in [5.41, 5.74) is 3.73. The molecule has 2 atom stereocenters. The van der Waals surface area contributed by atoms with Crippen molar-refractivity contribution in [2.45, 2.75) is 24.6 Å². The van der Waals surface area contributed by atoms with Crippen LogP contribution < -0.4 is 10.2 Å². The molecule has 0 bridgehead atoms. The summed E-state index contributed by atoms with van der Waals surface area (Å²) < 4.78 is 0. The van der Waals surface area contributed by atoms with Gasteiger partial charge in [0.25, 0.3) is 0 Å². The van der Waals surface area contributed by atoms with Gasteiger partial charge in [0, 0.05) is 11.4 Å². The van der Waals surface area contributed by atoms with E-state index in [2.05, 4.69) is 5.32 Å². The first-order chi connectivity index (χ1) is 12.0. The second-order valence-electron chi connectivity index (χ2n) is 5.94.